The van der Waals surface area contributed by atoms with E-state index in [2.05, 4.69) is 12.2 Å². The van der Waals surface area contributed by atoms with Gasteiger partial charge in [-0.05, 0) is 25.2 Å². The lowest BCUT2D eigenvalue weighted by Gasteiger charge is -2.31. The van der Waals surface area contributed by atoms with Crippen molar-refractivity contribution in [2.75, 3.05) is 13.1 Å². The summed E-state index contributed by atoms with van der Waals surface area (Å²) < 4.78 is 0. The SMILES string of the molecule is CCCC(NC(=O)N1CCC(C)CC1)C(=N)N. The number of urea groups is 1. The smallest absolute Gasteiger partial charge is 0.317 e. The molecule has 1 aliphatic rings. The molecule has 1 atom stereocenters. The molecule has 0 aromatic rings. The Bertz CT molecular complexity index is 272. The molecular weight excluding hydrogens is 216 g/mol. The van der Waals surface area contributed by atoms with Gasteiger partial charge in [-0.15, -0.1) is 0 Å². The highest BCUT2D eigenvalue weighted by molar-refractivity contribution is 5.87. The molecule has 0 aromatic heterocycles. The summed E-state index contributed by atoms with van der Waals surface area (Å²) in [5.41, 5.74) is 5.47. The van der Waals surface area contributed by atoms with E-state index in [4.69, 9.17) is 11.1 Å². The van der Waals surface area contributed by atoms with Crippen LogP contribution in [0.5, 0.6) is 0 Å². The minimum absolute atomic E-state index is 0.0468. The van der Waals surface area contributed by atoms with E-state index in [1.165, 1.54) is 0 Å². The summed E-state index contributed by atoms with van der Waals surface area (Å²) >= 11 is 0. The van der Waals surface area contributed by atoms with Crippen LogP contribution in [0, 0.1) is 11.3 Å². The van der Waals surface area contributed by atoms with Crippen molar-refractivity contribution < 1.29 is 4.79 Å². The van der Waals surface area contributed by atoms with Gasteiger partial charge in [0.1, 0.15) is 5.84 Å². The first-order valence-corrected chi connectivity index (χ1v) is 6.44. The maximum atomic E-state index is 12.0. The highest BCUT2D eigenvalue weighted by atomic mass is 16.2. The topological polar surface area (TPSA) is 82.2 Å². The van der Waals surface area contributed by atoms with E-state index in [-0.39, 0.29) is 17.9 Å². The summed E-state index contributed by atoms with van der Waals surface area (Å²) in [6, 6.07) is -0.391. The first-order chi connectivity index (χ1) is 8.04. The van der Waals surface area contributed by atoms with Gasteiger partial charge in [-0.1, -0.05) is 20.3 Å². The van der Waals surface area contributed by atoms with Crippen LogP contribution < -0.4 is 11.1 Å². The summed E-state index contributed by atoms with van der Waals surface area (Å²) in [7, 11) is 0. The van der Waals surface area contributed by atoms with Gasteiger partial charge in [-0.25, -0.2) is 4.79 Å². The van der Waals surface area contributed by atoms with E-state index in [0.717, 1.165) is 38.8 Å². The molecule has 1 unspecified atom stereocenters. The van der Waals surface area contributed by atoms with Gasteiger partial charge >= 0.3 is 6.03 Å². The maximum absolute atomic E-state index is 12.0. The van der Waals surface area contributed by atoms with Gasteiger partial charge in [0.25, 0.3) is 0 Å². The predicted molar refractivity (Wildman–Crippen MR) is 69.1 cm³/mol. The number of nitrogens with one attached hydrogen (secondary N) is 2. The molecular formula is C12H24N4O. The third kappa shape index (κ3) is 4.24. The Balaban J connectivity index is 2.44. The Labute approximate surface area is 103 Å². The molecule has 2 amide bonds. The van der Waals surface area contributed by atoms with Gasteiger partial charge in [0, 0.05) is 13.1 Å². The molecule has 1 saturated heterocycles. The Morgan fingerprint density at radius 2 is 2.12 bits per heavy atom. The van der Waals surface area contributed by atoms with Crippen molar-refractivity contribution >= 4 is 11.9 Å². The van der Waals surface area contributed by atoms with Crippen LogP contribution in [-0.4, -0.2) is 35.9 Å². The summed E-state index contributed by atoms with van der Waals surface area (Å²) in [5.74, 6) is 0.754. The van der Waals surface area contributed by atoms with Crippen LogP contribution in [-0.2, 0) is 0 Å². The predicted octanol–water partition coefficient (Wildman–Crippen LogP) is 1.53. The van der Waals surface area contributed by atoms with Crippen LogP contribution in [0.1, 0.15) is 39.5 Å². The first-order valence-electron chi connectivity index (χ1n) is 6.44. The fourth-order valence-corrected chi connectivity index (χ4v) is 2.05. The summed E-state index contributed by atoms with van der Waals surface area (Å²) in [5, 5.41) is 10.3. The minimum atomic E-state index is -0.313. The third-order valence-electron chi connectivity index (χ3n) is 3.32. The number of nitrogens with two attached hydrogens (primary N) is 1. The molecule has 1 aliphatic heterocycles. The van der Waals surface area contributed by atoms with Gasteiger partial charge in [0.2, 0.25) is 0 Å². The summed E-state index contributed by atoms with van der Waals surface area (Å²) in [6.45, 7) is 5.85. The van der Waals surface area contributed by atoms with Crippen LogP contribution in [0.2, 0.25) is 0 Å². The fraction of sp³-hybridized carbons (Fsp3) is 0.833. The molecule has 0 spiro atoms. The average Bonchev–Trinajstić information content (AvgIpc) is 2.29. The lowest BCUT2D eigenvalue weighted by Crippen LogP contribution is -2.51. The van der Waals surface area contributed by atoms with Crippen LogP contribution in [0.3, 0.4) is 0 Å². The van der Waals surface area contributed by atoms with E-state index in [0.29, 0.717) is 5.92 Å². The van der Waals surface area contributed by atoms with E-state index >= 15 is 0 Å². The standard InChI is InChI=1S/C12H24N4O/c1-3-4-10(11(13)14)15-12(17)16-7-5-9(2)6-8-16/h9-10H,3-8H2,1-2H3,(H3,13,14)(H,15,17). The van der Waals surface area contributed by atoms with Crippen LogP contribution in [0.15, 0.2) is 0 Å². The zero-order valence-corrected chi connectivity index (χ0v) is 10.8. The molecule has 4 N–H and O–H groups in total. The maximum Gasteiger partial charge on any atom is 0.317 e. The number of carbonyl (C=O) groups excluding carboxylic acids is 1. The van der Waals surface area contributed by atoms with Crippen molar-refractivity contribution in [1.82, 2.24) is 10.2 Å². The highest BCUT2D eigenvalue weighted by Crippen LogP contribution is 2.15. The molecule has 17 heavy (non-hydrogen) atoms. The van der Waals surface area contributed by atoms with Crippen molar-refractivity contribution in [2.24, 2.45) is 11.7 Å². The monoisotopic (exact) mass is 240 g/mol. The molecule has 98 valence electrons. The van der Waals surface area contributed by atoms with Gasteiger partial charge in [-0.2, -0.15) is 0 Å². The number of likely N-dealkylation sites (tertiary alicyclic amines) is 1. The average molecular weight is 240 g/mol. The van der Waals surface area contributed by atoms with E-state index in [9.17, 15) is 4.79 Å². The lowest BCUT2D eigenvalue weighted by molar-refractivity contribution is 0.172. The van der Waals surface area contributed by atoms with E-state index in [1.807, 2.05) is 11.8 Å². The number of hydrogen-bond acceptors (Lipinski definition) is 2. The number of amidine groups is 1. The number of carbonyl (C=O) groups is 1. The third-order valence-corrected chi connectivity index (χ3v) is 3.32. The van der Waals surface area contributed by atoms with Gasteiger partial charge < -0.3 is 16.0 Å². The van der Waals surface area contributed by atoms with Crippen LogP contribution >= 0.6 is 0 Å². The second-order valence-electron chi connectivity index (χ2n) is 4.92. The largest absolute Gasteiger partial charge is 0.386 e. The Kier molecular flexibility index (Phi) is 5.25. The summed E-state index contributed by atoms with van der Waals surface area (Å²) in [6.07, 6.45) is 3.75. The Morgan fingerprint density at radius 1 is 1.53 bits per heavy atom. The van der Waals surface area contributed by atoms with Crippen molar-refractivity contribution in [2.45, 2.75) is 45.6 Å². The fourth-order valence-electron chi connectivity index (χ4n) is 2.05. The molecule has 0 aliphatic carbocycles. The quantitative estimate of drug-likeness (QED) is 0.514. The van der Waals surface area contributed by atoms with Gasteiger partial charge in [0.05, 0.1) is 6.04 Å². The Morgan fingerprint density at radius 3 is 2.59 bits per heavy atom. The van der Waals surface area contributed by atoms with E-state index < -0.39 is 0 Å². The molecule has 0 saturated carbocycles. The number of nitrogens with zero attached hydrogens (tertiary/aromatic N) is 1. The molecule has 1 rings (SSSR count). The lowest BCUT2D eigenvalue weighted by atomic mass is 9.99. The van der Waals surface area contributed by atoms with Crippen LogP contribution in [0.4, 0.5) is 4.79 Å². The summed E-state index contributed by atoms with van der Waals surface area (Å²) in [4.78, 5) is 13.8. The first kappa shape index (κ1) is 13.8. The second-order valence-corrected chi connectivity index (χ2v) is 4.92. The van der Waals surface area contributed by atoms with Gasteiger partial charge in [-0.3, -0.25) is 5.41 Å². The minimum Gasteiger partial charge on any atom is -0.386 e. The molecule has 1 fully saturated rings. The number of rotatable bonds is 4. The number of piperidine rings is 1. The molecule has 0 radical (unpaired) electrons. The van der Waals surface area contributed by atoms with Crippen molar-refractivity contribution in [3.63, 3.8) is 0 Å². The van der Waals surface area contributed by atoms with Crippen molar-refractivity contribution in [1.29, 1.82) is 5.41 Å². The highest BCUT2D eigenvalue weighted by Gasteiger charge is 2.22. The molecule has 0 aromatic carbocycles. The van der Waals surface area contributed by atoms with Crippen molar-refractivity contribution in [3.05, 3.63) is 0 Å². The molecule has 0 bridgehead atoms. The second kappa shape index (κ2) is 6.47. The van der Waals surface area contributed by atoms with E-state index in [1.54, 1.807) is 0 Å². The normalized spacial score (nSPS) is 18.8. The molecule has 5 heteroatoms. The van der Waals surface area contributed by atoms with Crippen LogP contribution in [0.25, 0.3) is 0 Å². The number of hydrogen-bond donors (Lipinski definition) is 3. The zero-order chi connectivity index (χ0) is 12.8. The Hall–Kier alpha value is -1.26. The zero-order valence-electron chi connectivity index (χ0n) is 10.8. The van der Waals surface area contributed by atoms with Crippen molar-refractivity contribution in [3.8, 4) is 0 Å². The van der Waals surface area contributed by atoms with Gasteiger partial charge in [0.15, 0.2) is 0 Å². The molecule has 5 nitrogen and oxygen atoms in total. The molecule has 1 heterocycles. The number of amides is 2.